The second-order valence-corrected chi connectivity index (χ2v) is 9.33. The first-order valence-corrected chi connectivity index (χ1v) is 12.4. The van der Waals surface area contributed by atoms with E-state index in [2.05, 4.69) is 15.5 Å². The molecule has 0 atom stereocenters. The van der Waals surface area contributed by atoms with Crippen molar-refractivity contribution in [3.63, 3.8) is 0 Å². The van der Waals surface area contributed by atoms with E-state index < -0.39 is 11.9 Å². The minimum Gasteiger partial charge on any atom is -0.422 e. The zero-order valence-corrected chi connectivity index (χ0v) is 21.7. The monoisotopic (exact) mass is 541 g/mol. The Balaban J connectivity index is 1.42. The van der Waals surface area contributed by atoms with E-state index in [9.17, 15) is 9.59 Å². The molecule has 0 aliphatic rings. The Morgan fingerprint density at radius 2 is 1.63 bits per heavy atom. The lowest BCUT2D eigenvalue weighted by Crippen LogP contribution is -2.19. The molecule has 6 nitrogen and oxygen atoms in total. The van der Waals surface area contributed by atoms with E-state index in [1.54, 1.807) is 54.6 Å². The van der Waals surface area contributed by atoms with Gasteiger partial charge in [0.1, 0.15) is 11.4 Å². The average molecular weight is 542 g/mol. The van der Waals surface area contributed by atoms with Crippen molar-refractivity contribution in [1.29, 1.82) is 0 Å². The zero-order chi connectivity index (χ0) is 26.6. The van der Waals surface area contributed by atoms with E-state index in [1.165, 1.54) is 6.21 Å². The van der Waals surface area contributed by atoms with Gasteiger partial charge < -0.3 is 9.72 Å². The molecule has 0 saturated heterocycles. The number of nitrogens with one attached hydrogen (secondary N) is 2. The van der Waals surface area contributed by atoms with Crippen LogP contribution < -0.4 is 10.2 Å². The number of benzene rings is 4. The standard InChI is InChI=1S/C30H21Cl2N3O3/c1-18-8-6-10-19(16-18)30(37)38-25-15-5-2-9-20(25)17-33-35-29(36)28-26(21-11-3-4-13-23(21)31)22-12-7-14-24(32)27(22)34-28/h2-17,34H,1H3,(H,35,36). The van der Waals surface area contributed by atoms with E-state index in [0.717, 1.165) is 10.9 Å². The number of esters is 1. The van der Waals surface area contributed by atoms with E-state index >= 15 is 0 Å². The van der Waals surface area contributed by atoms with Crippen LogP contribution >= 0.6 is 23.2 Å². The predicted octanol–water partition coefficient (Wildman–Crippen LogP) is 7.43. The summed E-state index contributed by atoms with van der Waals surface area (Å²) in [5, 5.41) is 5.85. The predicted molar refractivity (Wildman–Crippen MR) is 151 cm³/mol. The fourth-order valence-electron chi connectivity index (χ4n) is 4.12. The van der Waals surface area contributed by atoms with Crippen LogP contribution in [0.3, 0.4) is 0 Å². The van der Waals surface area contributed by atoms with Crippen LogP contribution in [0.15, 0.2) is 96.1 Å². The summed E-state index contributed by atoms with van der Waals surface area (Å²) in [5.41, 5.74) is 6.64. The van der Waals surface area contributed by atoms with Crippen LogP contribution in [0.1, 0.15) is 32.0 Å². The molecule has 5 rings (SSSR count). The number of ether oxygens (including phenoxy) is 1. The van der Waals surface area contributed by atoms with E-state index in [4.69, 9.17) is 27.9 Å². The molecule has 188 valence electrons. The largest absolute Gasteiger partial charge is 0.422 e. The number of aryl methyl sites for hydroxylation is 1. The summed E-state index contributed by atoms with van der Waals surface area (Å²) in [7, 11) is 0. The van der Waals surface area contributed by atoms with Crippen LogP contribution in [0.4, 0.5) is 0 Å². The van der Waals surface area contributed by atoms with Crippen molar-refractivity contribution in [1.82, 2.24) is 10.4 Å². The number of H-pyrrole nitrogens is 1. The highest BCUT2D eigenvalue weighted by atomic mass is 35.5. The molecule has 4 aromatic carbocycles. The lowest BCUT2D eigenvalue weighted by atomic mass is 10.0. The second kappa shape index (κ2) is 10.9. The molecule has 0 bridgehead atoms. The highest BCUT2D eigenvalue weighted by Crippen LogP contribution is 2.38. The number of hydrogen-bond acceptors (Lipinski definition) is 4. The molecule has 1 heterocycles. The van der Waals surface area contributed by atoms with Crippen LogP contribution in [-0.4, -0.2) is 23.1 Å². The smallest absolute Gasteiger partial charge is 0.343 e. The summed E-state index contributed by atoms with van der Waals surface area (Å²) in [6, 6.07) is 26.7. The lowest BCUT2D eigenvalue weighted by Gasteiger charge is -2.08. The van der Waals surface area contributed by atoms with Gasteiger partial charge in [0, 0.05) is 27.1 Å². The topological polar surface area (TPSA) is 83.5 Å². The fourth-order valence-corrected chi connectivity index (χ4v) is 4.58. The number of hydrazone groups is 1. The van der Waals surface area contributed by atoms with Crippen LogP contribution in [0.5, 0.6) is 5.75 Å². The Morgan fingerprint density at radius 1 is 0.895 bits per heavy atom. The van der Waals surface area contributed by atoms with Gasteiger partial charge in [-0.15, -0.1) is 0 Å². The number of para-hydroxylation sites is 2. The Morgan fingerprint density at radius 3 is 2.45 bits per heavy atom. The first-order valence-electron chi connectivity index (χ1n) is 11.7. The van der Waals surface area contributed by atoms with E-state index in [0.29, 0.717) is 43.6 Å². The number of carbonyl (C=O) groups excluding carboxylic acids is 2. The highest BCUT2D eigenvalue weighted by molar-refractivity contribution is 6.37. The number of aromatic amines is 1. The van der Waals surface area contributed by atoms with Gasteiger partial charge in [0.05, 0.1) is 22.3 Å². The first kappa shape index (κ1) is 25.3. The minimum atomic E-state index is -0.488. The minimum absolute atomic E-state index is 0.262. The quantitative estimate of drug-likeness (QED) is 0.101. The number of rotatable bonds is 6. The van der Waals surface area contributed by atoms with E-state index in [1.807, 2.05) is 43.3 Å². The summed E-state index contributed by atoms with van der Waals surface area (Å²) in [5.74, 6) is -0.665. The number of halogens is 2. The van der Waals surface area contributed by atoms with Crippen molar-refractivity contribution in [3.8, 4) is 16.9 Å². The number of nitrogens with zero attached hydrogens (tertiary/aromatic N) is 1. The number of carbonyl (C=O) groups is 2. The third kappa shape index (κ3) is 5.18. The fraction of sp³-hybridized carbons (Fsp3) is 0.0333. The average Bonchev–Trinajstić information content (AvgIpc) is 3.31. The molecule has 8 heteroatoms. The van der Waals surface area contributed by atoms with Gasteiger partial charge in [-0.1, -0.05) is 83.4 Å². The van der Waals surface area contributed by atoms with Gasteiger partial charge in [-0.3, -0.25) is 4.79 Å². The molecule has 2 N–H and O–H groups in total. The maximum Gasteiger partial charge on any atom is 0.343 e. The van der Waals surface area contributed by atoms with Gasteiger partial charge in [-0.2, -0.15) is 5.10 Å². The third-order valence-corrected chi connectivity index (χ3v) is 6.54. The van der Waals surface area contributed by atoms with Crippen LogP contribution in [0.25, 0.3) is 22.0 Å². The third-order valence-electron chi connectivity index (χ3n) is 5.90. The van der Waals surface area contributed by atoms with Crippen molar-refractivity contribution in [3.05, 3.63) is 123 Å². The molecule has 1 aromatic heterocycles. The maximum absolute atomic E-state index is 13.3. The van der Waals surface area contributed by atoms with Crippen molar-refractivity contribution < 1.29 is 14.3 Å². The highest BCUT2D eigenvalue weighted by Gasteiger charge is 2.22. The number of amides is 1. The van der Waals surface area contributed by atoms with Crippen molar-refractivity contribution in [2.45, 2.75) is 6.92 Å². The summed E-state index contributed by atoms with van der Waals surface area (Å²) in [6.45, 7) is 1.90. The van der Waals surface area contributed by atoms with Gasteiger partial charge >= 0.3 is 5.97 Å². The number of hydrogen-bond donors (Lipinski definition) is 2. The normalized spacial score (nSPS) is 11.1. The molecule has 0 aliphatic heterocycles. The van der Waals surface area contributed by atoms with Gasteiger partial charge in [0.15, 0.2) is 0 Å². The van der Waals surface area contributed by atoms with Gasteiger partial charge in [0.2, 0.25) is 0 Å². The molecule has 0 fully saturated rings. The Bertz CT molecular complexity index is 1710. The molecule has 0 unspecified atom stereocenters. The molecule has 38 heavy (non-hydrogen) atoms. The molecular weight excluding hydrogens is 521 g/mol. The summed E-state index contributed by atoms with van der Waals surface area (Å²) in [4.78, 5) is 29.0. The van der Waals surface area contributed by atoms with Gasteiger partial charge in [-0.05, 0) is 43.3 Å². The first-order chi connectivity index (χ1) is 18.4. The van der Waals surface area contributed by atoms with Crippen molar-refractivity contribution >= 4 is 52.2 Å². The van der Waals surface area contributed by atoms with Crippen LogP contribution in [0.2, 0.25) is 10.0 Å². The number of fused-ring (bicyclic) bond motifs is 1. The maximum atomic E-state index is 13.3. The Labute approximate surface area is 228 Å². The van der Waals surface area contributed by atoms with Crippen molar-refractivity contribution in [2.24, 2.45) is 5.10 Å². The Kier molecular flexibility index (Phi) is 7.26. The summed E-state index contributed by atoms with van der Waals surface area (Å²) < 4.78 is 5.59. The van der Waals surface area contributed by atoms with E-state index in [-0.39, 0.29) is 5.69 Å². The molecule has 0 spiro atoms. The number of aromatic nitrogens is 1. The van der Waals surface area contributed by atoms with Crippen LogP contribution in [0, 0.1) is 6.92 Å². The van der Waals surface area contributed by atoms with Gasteiger partial charge in [0.25, 0.3) is 5.91 Å². The van der Waals surface area contributed by atoms with Gasteiger partial charge in [-0.25, -0.2) is 10.2 Å². The summed E-state index contributed by atoms with van der Waals surface area (Å²) >= 11 is 12.9. The SMILES string of the molecule is Cc1cccc(C(=O)Oc2ccccc2C=NNC(=O)c2[nH]c3c(Cl)cccc3c2-c2ccccc2Cl)c1. The van der Waals surface area contributed by atoms with Crippen molar-refractivity contribution in [2.75, 3.05) is 0 Å². The second-order valence-electron chi connectivity index (χ2n) is 8.51. The molecule has 0 aliphatic carbocycles. The molecule has 0 saturated carbocycles. The summed E-state index contributed by atoms with van der Waals surface area (Å²) in [6.07, 6.45) is 1.42. The molecule has 0 radical (unpaired) electrons. The Hall–Kier alpha value is -4.39. The molecule has 1 amide bonds. The molecular formula is C30H21Cl2N3O3. The lowest BCUT2D eigenvalue weighted by molar-refractivity contribution is 0.0734. The van der Waals surface area contributed by atoms with Crippen LogP contribution in [-0.2, 0) is 0 Å². The zero-order valence-electron chi connectivity index (χ0n) is 20.2. The molecule has 5 aromatic rings.